The third-order valence-electron chi connectivity index (χ3n) is 2.88. The van der Waals surface area contributed by atoms with Crippen molar-refractivity contribution >= 4 is 21.8 Å². The molecule has 1 fully saturated rings. The number of amides is 1. The first kappa shape index (κ1) is 11.6. The minimum atomic E-state index is -0.418. The first-order valence-electron chi connectivity index (χ1n) is 5.46. The molecular formula is C12H15BrN2O. The summed E-state index contributed by atoms with van der Waals surface area (Å²) in [6.45, 7) is 1.73. The fourth-order valence-corrected chi connectivity index (χ4v) is 2.21. The van der Waals surface area contributed by atoms with Gasteiger partial charge in [0.2, 0.25) is 5.91 Å². The van der Waals surface area contributed by atoms with E-state index in [-0.39, 0.29) is 5.91 Å². The van der Waals surface area contributed by atoms with Crippen LogP contribution in [0.5, 0.6) is 0 Å². The summed E-state index contributed by atoms with van der Waals surface area (Å²) in [6, 6.07) is 7.46. The summed E-state index contributed by atoms with van der Waals surface area (Å²) in [5.41, 5.74) is 7.00. The lowest BCUT2D eigenvalue weighted by Crippen LogP contribution is -2.50. The van der Waals surface area contributed by atoms with Crippen LogP contribution in [-0.2, 0) is 11.2 Å². The largest absolute Gasteiger partial charge is 0.341 e. The maximum Gasteiger partial charge on any atom is 0.239 e. The molecule has 0 saturated carbocycles. The second-order valence-corrected chi connectivity index (χ2v) is 4.94. The molecule has 1 aliphatic rings. The van der Waals surface area contributed by atoms with Gasteiger partial charge < -0.3 is 10.6 Å². The van der Waals surface area contributed by atoms with Crippen LogP contribution in [0.4, 0.5) is 0 Å². The zero-order chi connectivity index (χ0) is 11.5. The van der Waals surface area contributed by atoms with Crippen LogP contribution < -0.4 is 5.73 Å². The number of likely N-dealkylation sites (tertiary alicyclic amines) is 1. The number of nitrogens with two attached hydrogens (primary N) is 1. The average molecular weight is 283 g/mol. The molecule has 1 heterocycles. The van der Waals surface area contributed by atoms with E-state index in [1.165, 1.54) is 0 Å². The predicted octanol–water partition coefficient (Wildman–Crippen LogP) is 1.55. The maximum absolute atomic E-state index is 11.8. The van der Waals surface area contributed by atoms with Crippen LogP contribution in [0.3, 0.4) is 0 Å². The Bertz CT molecular complexity index is 390. The molecule has 2 N–H and O–H groups in total. The highest BCUT2D eigenvalue weighted by atomic mass is 79.9. The number of carbonyl (C=O) groups excluding carboxylic acids is 1. The second kappa shape index (κ2) is 4.97. The first-order valence-corrected chi connectivity index (χ1v) is 6.25. The van der Waals surface area contributed by atoms with Crippen molar-refractivity contribution in [1.82, 2.24) is 4.90 Å². The van der Waals surface area contributed by atoms with E-state index in [0.717, 1.165) is 29.5 Å². The first-order chi connectivity index (χ1) is 7.68. The van der Waals surface area contributed by atoms with Crippen molar-refractivity contribution in [2.45, 2.75) is 18.9 Å². The van der Waals surface area contributed by atoms with Gasteiger partial charge in [-0.05, 0) is 24.5 Å². The van der Waals surface area contributed by atoms with Gasteiger partial charge in [0.25, 0.3) is 0 Å². The lowest BCUT2D eigenvalue weighted by atomic mass is 10.0. The zero-order valence-electron chi connectivity index (χ0n) is 9.03. The SMILES string of the molecule is N[C@@H](Cc1ccccc1Br)C(=O)N1CCC1. The number of nitrogens with zero attached hydrogens (tertiary/aromatic N) is 1. The minimum absolute atomic E-state index is 0.0713. The maximum atomic E-state index is 11.8. The molecule has 0 spiro atoms. The second-order valence-electron chi connectivity index (χ2n) is 4.08. The van der Waals surface area contributed by atoms with Gasteiger partial charge in [-0.2, -0.15) is 0 Å². The highest BCUT2D eigenvalue weighted by molar-refractivity contribution is 9.10. The lowest BCUT2D eigenvalue weighted by Gasteiger charge is -2.33. The number of hydrogen-bond acceptors (Lipinski definition) is 2. The summed E-state index contributed by atoms with van der Waals surface area (Å²) in [7, 11) is 0. The van der Waals surface area contributed by atoms with Crippen molar-refractivity contribution in [3.05, 3.63) is 34.3 Å². The fourth-order valence-electron chi connectivity index (χ4n) is 1.76. The fraction of sp³-hybridized carbons (Fsp3) is 0.417. The number of benzene rings is 1. The Balaban J connectivity index is 1.98. The Morgan fingerprint density at radius 1 is 1.44 bits per heavy atom. The van der Waals surface area contributed by atoms with Gasteiger partial charge in [0.15, 0.2) is 0 Å². The van der Waals surface area contributed by atoms with E-state index >= 15 is 0 Å². The molecule has 16 heavy (non-hydrogen) atoms. The van der Waals surface area contributed by atoms with Crippen LogP contribution in [-0.4, -0.2) is 29.9 Å². The summed E-state index contributed by atoms with van der Waals surface area (Å²) in [6.07, 6.45) is 1.70. The van der Waals surface area contributed by atoms with Gasteiger partial charge in [-0.25, -0.2) is 0 Å². The molecule has 4 heteroatoms. The Morgan fingerprint density at radius 3 is 2.69 bits per heavy atom. The van der Waals surface area contributed by atoms with Gasteiger partial charge >= 0.3 is 0 Å². The standard InChI is InChI=1S/C12H15BrN2O/c13-10-5-2-1-4-9(10)8-11(14)12(16)15-6-3-7-15/h1-2,4-5,11H,3,6-8,14H2/t11-/m0/s1. The summed E-state index contributed by atoms with van der Waals surface area (Å²) in [4.78, 5) is 13.6. The molecule has 0 bridgehead atoms. The summed E-state index contributed by atoms with van der Waals surface area (Å²) >= 11 is 3.46. The number of carbonyl (C=O) groups is 1. The Morgan fingerprint density at radius 2 is 2.12 bits per heavy atom. The van der Waals surface area contributed by atoms with Crippen molar-refractivity contribution in [1.29, 1.82) is 0 Å². The highest BCUT2D eigenvalue weighted by Gasteiger charge is 2.25. The Kier molecular flexibility index (Phi) is 3.61. The molecule has 1 saturated heterocycles. The molecule has 1 aromatic carbocycles. The molecule has 86 valence electrons. The Labute approximate surface area is 104 Å². The Hall–Kier alpha value is -0.870. The van der Waals surface area contributed by atoms with Crippen LogP contribution in [0.15, 0.2) is 28.7 Å². The molecular weight excluding hydrogens is 268 g/mol. The van der Waals surface area contributed by atoms with E-state index in [1.54, 1.807) is 0 Å². The quantitative estimate of drug-likeness (QED) is 0.915. The van der Waals surface area contributed by atoms with Crippen LogP contribution in [0.25, 0.3) is 0 Å². The van der Waals surface area contributed by atoms with Crippen molar-refractivity contribution in [3.8, 4) is 0 Å². The van der Waals surface area contributed by atoms with E-state index in [4.69, 9.17) is 5.73 Å². The van der Waals surface area contributed by atoms with Gasteiger partial charge in [0.05, 0.1) is 6.04 Å². The van der Waals surface area contributed by atoms with Crippen molar-refractivity contribution in [2.24, 2.45) is 5.73 Å². The molecule has 0 aliphatic carbocycles. The van der Waals surface area contributed by atoms with Crippen LogP contribution >= 0.6 is 15.9 Å². The lowest BCUT2D eigenvalue weighted by molar-refractivity contribution is -0.136. The molecule has 1 atom stereocenters. The predicted molar refractivity (Wildman–Crippen MR) is 67.0 cm³/mol. The minimum Gasteiger partial charge on any atom is -0.341 e. The molecule has 1 aliphatic heterocycles. The smallest absolute Gasteiger partial charge is 0.239 e. The van der Waals surface area contributed by atoms with Crippen molar-refractivity contribution < 1.29 is 4.79 Å². The summed E-state index contributed by atoms with van der Waals surface area (Å²) < 4.78 is 1.02. The van der Waals surface area contributed by atoms with E-state index in [2.05, 4.69) is 15.9 Å². The van der Waals surface area contributed by atoms with E-state index in [0.29, 0.717) is 6.42 Å². The van der Waals surface area contributed by atoms with Crippen LogP contribution in [0.2, 0.25) is 0 Å². The molecule has 0 aromatic heterocycles. The third kappa shape index (κ3) is 2.44. The molecule has 1 aromatic rings. The van der Waals surface area contributed by atoms with E-state index in [9.17, 15) is 4.79 Å². The van der Waals surface area contributed by atoms with Crippen molar-refractivity contribution in [3.63, 3.8) is 0 Å². The van der Waals surface area contributed by atoms with E-state index < -0.39 is 6.04 Å². The zero-order valence-corrected chi connectivity index (χ0v) is 10.6. The van der Waals surface area contributed by atoms with Crippen LogP contribution in [0, 0.1) is 0 Å². The van der Waals surface area contributed by atoms with Gasteiger partial charge in [-0.3, -0.25) is 4.79 Å². The highest BCUT2D eigenvalue weighted by Crippen LogP contribution is 2.18. The molecule has 1 amide bonds. The monoisotopic (exact) mass is 282 g/mol. The number of hydrogen-bond donors (Lipinski definition) is 1. The number of halogens is 1. The molecule has 0 radical (unpaired) electrons. The summed E-state index contributed by atoms with van der Waals surface area (Å²) in [5.74, 6) is 0.0713. The van der Waals surface area contributed by atoms with Crippen molar-refractivity contribution in [2.75, 3.05) is 13.1 Å². The molecule has 3 nitrogen and oxygen atoms in total. The normalized spacial score (nSPS) is 16.8. The third-order valence-corrected chi connectivity index (χ3v) is 3.66. The average Bonchev–Trinajstić information content (AvgIpc) is 2.18. The summed E-state index contributed by atoms with van der Waals surface area (Å²) in [5, 5.41) is 0. The number of rotatable bonds is 3. The van der Waals surface area contributed by atoms with Crippen LogP contribution in [0.1, 0.15) is 12.0 Å². The van der Waals surface area contributed by atoms with Gasteiger partial charge in [-0.1, -0.05) is 34.1 Å². The molecule has 0 unspecified atom stereocenters. The molecule has 2 rings (SSSR count). The van der Waals surface area contributed by atoms with Gasteiger partial charge in [-0.15, -0.1) is 0 Å². The van der Waals surface area contributed by atoms with Gasteiger partial charge in [0, 0.05) is 17.6 Å². The van der Waals surface area contributed by atoms with E-state index in [1.807, 2.05) is 29.2 Å². The van der Waals surface area contributed by atoms with Gasteiger partial charge in [0.1, 0.15) is 0 Å². The topological polar surface area (TPSA) is 46.3 Å².